The van der Waals surface area contributed by atoms with Crippen molar-refractivity contribution in [2.24, 2.45) is 5.92 Å². The average molecular weight is 284 g/mol. The van der Waals surface area contributed by atoms with Gasteiger partial charge in [0, 0.05) is 12.6 Å². The smallest absolute Gasteiger partial charge is 0.120 e. The first-order chi connectivity index (χ1) is 10.4. The van der Waals surface area contributed by atoms with E-state index in [1.165, 1.54) is 45.1 Å². The summed E-state index contributed by atoms with van der Waals surface area (Å²) in [5, 5.41) is 8.91. The second-order valence-electron chi connectivity index (χ2n) is 6.28. The largest absolute Gasteiger partial charge is 0.492 e. The number of hydrogen-bond acceptors (Lipinski definition) is 3. The SMILES string of the molecule is N#Cc1cccc(OCCN2CCCC3CCCCC32)c1. The lowest BCUT2D eigenvalue weighted by atomic mass is 9.78. The van der Waals surface area contributed by atoms with Crippen molar-refractivity contribution in [3.8, 4) is 11.8 Å². The van der Waals surface area contributed by atoms with Crippen molar-refractivity contribution < 1.29 is 4.74 Å². The molecule has 0 bridgehead atoms. The normalized spacial score (nSPS) is 25.9. The van der Waals surface area contributed by atoms with E-state index in [0.717, 1.165) is 30.9 Å². The summed E-state index contributed by atoms with van der Waals surface area (Å²) in [5.74, 6) is 1.74. The quantitative estimate of drug-likeness (QED) is 0.847. The molecular weight excluding hydrogens is 260 g/mol. The van der Waals surface area contributed by atoms with Gasteiger partial charge in [0.1, 0.15) is 12.4 Å². The molecule has 1 aromatic carbocycles. The number of rotatable bonds is 4. The van der Waals surface area contributed by atoms with Gasteiger partial charge >= 0.3 is 0 Å². The van der Waals surface area contributed by atoms with Gasteiger partial charge in [0.05, 0.1) is 11.6 Å². The summed E-state index contributed by atoms with van der Waals surface area (Å²) >= 11 is 0. The van der Waals surface area contributed by atoms with E-state index in [4.69, 9.17) is 10.00 Å². The van der Waals surface area contributed by atoms with Crippen LogP contribution in [0.5, 0.6) is 5.75 Å². The van der Waals surface area contributed by atoms with Crippen molar-refractivity contribution in [1.82, 2.24) is 4.90 Å². The topological polar surface area (TPSA) is 36.3 Å². The zero-order valence-electron chi connectivity index (χ0n) is 12.6. The van der Waals surface area contributed by atoms with Crippen LogP contribution in [0.4, 0.5) is 0 Å². The maximum absolute atomic E-state index is 8.91. The molecule has 1 heterocycles. The molecule has 1 aliphatic heterocycles. The Kier molecular flexibility index (Phi) is 4.77. The van der Waals surface area contributed by atoms with Gasteiger partial charge in [0.15, 0.2) is 0 Å². The molecule has 3 heteroatoms. The fraction of sp³-hybridized carbons (Fsp3) is 0.611. The maximum Gasteiger partial charge on any atom is 0.120 e. The minimum atomic E-state index is 0.665. The van der Waals surface area contributed by atoms with Gasteiger partial charge in [-0.3, -0.25) is 4.90 Å². The van der Waals surface area contributed by atoms with E-state index in [1.54, 1.807) is 0 Å². The summed E-state index contributed by atoms with van der Waals surface area (Å²) in [6.45, 7) is 2.96. The molecule has 0 radical (unpaired) electrons. The zero-order chi connectivity index (χ0) is 14.5. The van der Waals surface area contributed by atoms with E-state index in [-0.39, 0.29) is 0 Å². The predicted molar refractivity (Wildman–Crippen MR) is 83.2 cm³/mol. The lowest BCUT2D eigenvalue weighted by molar-refractivity contribution is 0.0501. The van der Waals surface area contributed by atoms with Crippen molar-refractivity contribution in [3.05, 3.63) is 29.8 Å². The maximum atomic E-state index is 8.91. The van der Waals surface area contributed by atoms with Crippen molar-refractivity contribution >= 4 is 0 Å². The number of piperidine rings is 1. The van der Waals surface area contributed by atoms with Gasteiger partial charge < -0.3 is 4.74 Å². The van der Waals surface area contributed by atoms with Gasteiger partial charge in [-0.15, -0.1) is 0 Å². The van der Waals surface area contributed by atoms with E-state index >= 15 is 0 Å². The van der Waals surface area contributed by atoms with Crippen LogP contribution in [0.1, 0.15) is 44.1 Å². The van der Waals surface area contributed by atoms with Crippen LogP contribution in [0.15, 0.2) is 24.3 Å². The highest BCUT2D eigenvalue weighted by Crippen LogP contribution is 2.34. The number of ether oxygens (including phenoxy) is 1. The molecule has 1 aromatic rings. The van der Waals surface area contributed by atoms with Crippen LogP contribution in [0.25, 0.3) is 0 Å². The molecule has 2 atom stereocenters. The Morgan fingerprint density at radius 1 is 1.19 bits per heavy atom. The van der Waals surface area contributed by atoms with Crippen LogP contribution in [0.2, 0.25) is 0 Å². The van der Waals surface area contributed by atoms with Gasteiger partial charge in [-0.2, -0.15) is 5.26 Å². The third kappa shape index (κ3) is 3.57. The molecule has 2 unspecified atom stereocenters. The van der Waals surface area contributed by atoms with Gasteiger partial charge in [-0.25, -0.2) is 0 Å². The highest BCUT2D eigenvalue weighted by Gasteiger charge is 2.32. The van der Waals surface area contributed by atoms with E-state index in [9.17, 15) is 0 Å². The number of nitrogens with zero attached hydrogens (tertiary/aromatic N) is 2. The molecule has 0 spiro atoms. The van der Waals surface area contributed by atoms with E-state index in [1.807, 2.05) is 24.3 Å². The molecule has 1 saturated heterocycles. The van der Waals surface area contributed by atoms with Crippen LogP contribution in [-0.4, -0.2) is 30.6 Å². The fourth-order valence-electron chi connectivity index (χ4n) is 3.94. The molecule has 0 N–H and O–H groups in total. The first kappa shape index (κ1) is 14.4. The standard InChI is InChI=1S/C18H24N2O/c19-14-15-5-3-8-17(13-15)21-12-11-20-10-4-7-16-6-1-2-9-18(16)20/h3,5,8,13,16,18H,1-2,4,6-7,9-12H2. The summed E-state index contributed by atoms with van der Waals surface area (Å²) in [7, 11) is 0. The summed E-state index contributed by atoms with van der Waals surface area (Å²) in [6.07, 6.45) is 8.37. The Balaban J connectivity index is 1.51. The second-order valence-corrected chi connectivity index (χ2v) is 6.28. The molecule has 0 amide bonds. The monoisotopic (exact) mass is 284 g/mol. The summed E-state index contributed by atoms with van der Waals surface area (Å²) in [5.41, 5.74) is 0.665. The molecule has 1 saturated carbocycles. The van der Waals surface area contributed by atoms with E-state index in [2.05, 4.69) is 11.0 Å². The predicted octanol–water partition coefficient (Wildman–Crippen LogP) is 3.59. The molecule has 2 aliphatic rings. The molecule has 3 nitrogen and oxygen atoms in total. The fourth-order valence-corrected chi connectivity index (χ4v) is 3.94. The third-order valence-corrected chi connectivity index (χ3v) is 4.97. The average Bonchev–Trinajstić information content (AvgIpc) is 2.55. The molecule has 1 aliphatic carbocycles. The minimum Gasteiger partial charge on any atom is -0.492 e. The molecule has 2 fully saturated rings. The molecule has 0 aromatic heterocycles. The molecule has 112 valence electrons. The van der Waals surface area contributed by atoms with Crippen LogP contribution in [0, 0.1) is 17.2 Å². The zero-order valence-corrected chi connectivity index (χ0v) is 12.6. The molecule has 3 rings (SSSR count). The van der Waals surface area contributed by atoms with Crippen molar-refractivity contribution in [1.29, 1.82) is 5.26 Å². The van der Waals surface area contributed by atoms with E-state index in [0.29, 0.717) is 5.56 Å². The number of hydrogen-bond donors (Lipinski definition) is 0. The van der Waals surface area contributed by atoms with E-state index < -0.39 is 0 Å². The third-order valence-electron chi connectivity index (χ3n) is 4.97. The van der Waals surface area contributed by atoms with Gasteiger partial charge in [-0.1, -0.05) is 18.9 Å². The Labute approximate surface area is 127 Å². The van der Waals surface area contributed by atoms with Gasteiger partial charge in [0.2, 0.25) is 0 Å². The Morgan fingerprint density at radius 3 is 2.95 bits per heavy atom. The number of fused-ring (bicyclic) bond motifs is 1. The second kappa shape index (κ2) is 6.95. The summed E-state index contributed by atoms with van der Waals surface area (Å²) < 4.78 is 5.84. The van der Waals surface area contributed by atoms with Crippen molar-refractivity contribution in [3.63, 3.8) is 0 Å². The number of benzene rings is 1. The first-order valence-corrected chi connectivity index (χ1v) is 8.24. The Bertz CT molecular complexity index is 506. The lowest BCUT2D eigenvalue weighted by Gasteiger charge is -2.44. The Morgan fingerprint density at radius 2 is 2.05 bits per heavy atom. The van der Waals surface area contributed by atoms with Crippen molar-refractivity contribution in [2.45, 2.75) is 44.6 Å². The summed E-state index contributed by atoms with van der Waals surface area (Å²) in [6, 6.07) is 10.4. The van der Waals surface area contributed by atoms with Gasteiger partial charge in [0.25, 0.3) is 0 Å². The van der Waals surface area contributed by atoms with Crippen LogP contribution >= 0.6 is 0 Å². The Hall–Kier alpha value is -1.53. The highest BCUT2D eigenvalue weighted by molar-refractivity contribution is 5.36. The van der Waals surface area contributed by atoms with Crippen LogP contribution in [-0.2, 0) is 0 Å². The summed E-state index contributed by atoms with van der Waals surface area (Å²) in [4.78, 5) is 2.64. The molecular formula is C18H24N2O. The van der Waals surface area contributed by atoms with Crippen molar-refractivity contribution in [2.75, 3.05) is 19.7 Å². The molecule has 21 heavy (non-hydrogen) atoms. The lowest BCUT2D eigenvalue weighted by Crippen LogP contribution is -2.48. The van der Waals surface area contributed by atoms with Gasteiger partial charge in [-0.05, 0) is 56.3 Å². The minimum absolute atomic E-state index is 0.665. The highest BCUT2D eigenvalue weighted by atomic mass is 16.5. The number of likely N-dealkylation sites (tertiary alicyclic amines) is 1. The number of nitriles is 1. The first-order valence-electron chi connectivity index (χ1n) is 8.24. The van der Waals surface area contributed by atoms with Crippen LogP contribution < -0.4 is 4.74 Å². The van der Waals surface area contributed by atoms with Crippen LogP contribution in [0.3, 0.4) is 0 Å².